The predicted octanol–water partition coefficient (Wildman–Crippen LogP) is 7.54. The van der Waals surface area contributed by atoms with Gasteiger partial charge in [0.2, 0.25) is 11.8 Å². The largest absolute Gasteiger partial charge is 0.352 e. The molecule has 0 spiro atoms. The lowest BCUT2D eigenvalue weighted by atomic mass is 10.0. The molecule has 1 N–H and O–H groups in total. The van der Waals surface area contributed by atoms with Crippen molar-refractivity contribution in [1.29, 1.82) is 0 Å². The van der Waals surface area contributed by atoms with Crippen LogP contribution in [0, 0.1) is 5.82 Å². The van der Waals surface area contributed by atoms with Crippen molar-refractivity contribution >= 4 is 62.3 Å². The number of nitrogens with zero attached hydrogens (tertiary/aromatic N) is 2. The Labute approximate surface area is 283 Å². The highest BCUT2D eigenvalue weighted by Gasteiger charge is 2.35. The van der Waals surface area contributed by atoms with E-state index in [1.54, 1.807) is 36.4 Å². The molecule has 4 rings (SSSR count). The summed E-state index contributed by atoms with van der Waals surface area (Å²) in [6.07, 6.45) is 0.757. The molecule has 2 unspecified atom stereocenters. The molecular weight excluding hydrogens is 672 g/mol. The zero-order valence-electron chi connectivity index (χ0n) is 25.2. The zero-order chi connectivity index (χ0) is 33.4. The quantitative estimate of drug-likeness (QED) is 0.156. The molecular formula is C34H33Cl3FN3O4S. The first kappa shape index (κ1) is 35.2. The smallest absolute Gasteiger partial charge is 0.264 e. The number of anilines is 1. The van der Waals surface area contributed by atoms with Crippen molar-refractivity contribution in [2.75, 3.05) is 10.8 Å². The Hall–Kier alpha value is -3.63. The highest BCUT2D eigenvalue weighted by molar-refractivity contribution is 7.92. The van der Waals surface area contributed by atoms with E-state index in [0.717, 1.165) is 22.0 Å². The minimum Gasteiger partial charge on any atom is -0.352 e. The van der Waals surface area contributed by atoms with E-state index in [1.807, 2.05) is 44.2 Å². The van der Waals surface area contributed by atoms with E-state index in [9.17, 15) is 22.4 Å². The van der Waals surface area contributed by atoms with Gasteiger partial charge < -0.3 is 10.2 Å². The second kappa shape index (κ2) is 15.8. The van der Waals surface area contributed by atoms with Gasteiger partial charge in [0.15, 0.2) is 0 Å². The molecule has 0 aliphatic carbocycles. The van der Waals surface area contributed by atoms with Gasteiger partial charge in [0.1, 0.15) is 18.4 Å². The molecule has 46 heavy (non-hydrogen) atoms. The van der Waals surface area contributed by atoms with Crippen molar-refractivity contribution < 1.29 is 22.4 Å². The summed E-state index contributed by atoms with van der Waals surface area (Å²) in [7, 11) is -4.38. The van der Waals surface area contributed by atoms with Crippen LogP contribution in [-0.4, -0.2) is 43.8 Å². The van der Waals surface area contributed by atoms with Crippen LogP contribution in [0.4, 0.5) is 10.1 Å². The lowest BCUT2D eigenvalue weighted by Gasteiger charge is -2.34. The van der Waals surface area contributed by atoms with Gasteiger partial charge in [0.05, 0.1) is 15.6 Å². The average Bonchev–Trinajstić information content (AvgIpc) is 3.04. The van der Waals surface area contributed by atoms with Gasteiger partial charge in [-0.1, -0.05) is 96.3 Å². The number of amides is 2. The summed E-state index contributed by atoms with van der Waals surface area (Å²) in [5, 5.41) is 3.18. The van der Waals surface area contributed by atoms with E-state index < -0.39 is 40.2 Å². The van der Waals surface area contributed by atoms with Crippen LogP contribution in [0.2, 0.25) is 15.1 Å². The number of hydrogen-bond acceptors (Lipinski definition) is 4. The fourth-order valence-corrected chi connectivity index (χ4v) is 6.86. The fourth-order valence-electron chi connectivity index (χ4n) is 4.74. The van der Waals surface area contributed by atoms with E-state index in [4.69, 9.17) is 34.8 Å². The summed E-state index contributed by atoms with van der Waals surface area (Å²) in [4.78, 5) is 29.6. The number of rotatable bonds is 13. The maximum atomic E-state index is 14.5. The third kappa shape index (κ3) is 8.59. The number of sulfonamides is 1. The van der Waals surface area contributed by atoms with Gasteiger partial charge in [-0.25, -0.2) is 12.8 Å². The number of hydrogen-bond donors (Lipinski definition) is 1. The molecule has 4 aromatic carbocycles. The van der Waals surface area contributed by atoms with E-state index in [2.05, 4.69) is 5.32 Å². The standard InChI is InChI=1S/C34H33Cl3FN3O4S/c1-3-23(2)39-34(43)32(19-24-11-6-4-7-12-24)40(21-27-28(35)15-10-16-29(27)36)33(42)22-41(25-17-18-31(38)30(37)20-25)46(44,45)26-13-8-5-9-14-26/h4-18,20,23,32H,3,19,21-22H2,1-2H3,(H,39,43). The molecule has 0 fully saturated rings. The van der Waals surface area contributed by atoms with Crippen LogP contribution in [0.3, 0.4) is 0 Å². The van der Waals surface area contributed by atoms with Gasteiger partial charge in [-0.3, -0.25) is 13.9 Å². The number of benzene rings is 4. The zero-order valence-corrected chi connectivity index (χ0v) is 28.3. The summed E-state index contributed by atoms with van der Waals surface area (Å²) >= 11 is 19.1. The van der Waals surface area contributed by atoms with Crippen LogP contribution in [0.5, 0.6) is 0 Å². The molecule has 4 aromatic rings. The maximum absolute atomic E-state index is 14.5. The maximum Gasteiger partial charge on any atom is 0.264 e. The molecule has 2 atom stereocenters. The van der Waals surface area contributed by atoms with Gasteiger partial charge in [0, 0.05) is 34.6 Å². The molecule has 0 saturated heterocycles. The molecule has 0 bridgehead atoms. The molecule has 0 saturated carbocycles. The molecule has 7 nitrogen and oxygen atoms in total. The van der Waals surface area contributed by atoms with Crippen LogP contribution in [0.25, 0.3) is 0 Å². The molecule has 2 amide bonds. The summed E-state index contributed by atoms with van der Waals surface area (Å²) in [6.45, 7) is 2.82. The lowest BCUT2D eigenvalue weighted by Crippen LogP contribution is -2.54. The van der Waals surface area contributed by atoms with Crippen LogP contribution in [0.1, 0.15) is 31.4 Å². The van der Waals surface area contributed by atoms with Crippen LogP contribution >= 0.6 is 34.8 Å². The van der Waals surface area contributed by atoms with Gasteiger partial charge in [-0.15, -0.1) is 0 Å². The first-order valence-corrected chi connectivity index (χ1v) is 17.1. The predicted molar refractivity (Wildman–Crippen MR) is 181 cm³/mol. The van der Waals surface area contributed by atoms with Gasteiger partial charge in [-0.05, 0) is 61.4 Å². The minimum absolute atomic E-state index is 0.0389. The topological polar surface area (TPSA) is 86.8 Å². The van der Waals surface area contributed by atoms with Crippen molar-refractivity contribution in [1.82, 2.24) is 10.2 Å². The van der Waals surface area contributed by atoms with E-state index in [0.29, 0.717) is 12.0 Å². The average molecular weight is 705 g/mol. The van der Waals surface area contributed by atoms with Crippen molar-refractivity contribution in [2.45, 2.75) is 50.2 Å². The summed E-state index contributed by atoms with van der Waals surface area (Å²) in [6, 6.07) is 23.6. The van der Waals surface area contributed by atoms with Gasteiger partial charge in [0.25, 0.3) is 10.0 Å². The Bertz CT molecular complexity index is 1760. The van der Waals surface area contributed by atoms with Crippen molar-refractivity contribution in [3.8, 4) is 0 Å². The Morgan fingerprint density at radius 2 is 1.46 bits per heavy atom. The SMILES string of the molecule is CCC(C)NC(=O)C(Cc1ccccc1)N(Cc1c(Cl)cccc1Cl)C(=O)CN(c1ccc(F)c(Cl)c1)S(=O)(=O)c1ccccc1. The molecule has 0 radical (unpaired) electrons. The summed E-state index contributed by atoms with van der Waals surface area (Å²) in [5.74, 6) is -1.92. The molecule has 0 heterocycles. The minimum atomic E-state index is -4.38. The Morgan fingerprint density at radius 1 is 0.848 bits per heavy atom. The van der Waals surface area contributed by atoms with E-state index in [1.165, 1.54) is 23.1 Å². The van der Waals surface area contributed by atoms with Crippen molar-refractivity contribution in [3.63, 3.8) is 0 Å². The first-order valence-electron chi connectivity index (χ1n) is 14.5. The summed E-state index contributed by atoms with van der Waals surface area (Å²) < 4.78 is 43.1. The van der Waals surface area contributed by atoms with Crippen molar-refractivity contribution in [3.05, 3.63) is 129 Å². The van der Waals surface area contributed by atoms with E-state index in [-0.39, 0.29) is 44.7 Å². The van der Waals surface area contributed by atoms with Crippen LogP contribution in [-0.2, 0) is 32.6 Å². The number of carbonyl (C=O) groups is 2. The normalized spacial score (nSPS) is 12.7. The number of carbonyl (C=O) groups excluding carboxylic acids is 2. The van der Waals surface area contributed by atoms with Crippen molar-refractivity contribution in [2.24, 2.45) is 0 Å². The monoisotopic (exact) mass is 703 g/mol. The Morgan fingerprint density at radius 3 is 2.04 bits per heavy atom. The second-order valence-corrected chi connectivity index (χ2v) is 13.8. The molecule has 0 aromatic heterocycles. The molecule has 0 aliphatic heterocycles. The van der Waals surface area contributed by atoms with E-state index >= 15 is 0 Å². The Kier molecular flexibility index (Phi) is 12.1. The number of nitrogens with one attached hydrogen (secondary N) is 1. The first-order chi connectivity index (χ1) is 21.9. The third-order valence-electron chi connectivity index (χ3n) is 7.46. The fraction of sp³-hybridized carbons (Fsp3) is 0.235. The highest BCUT2D eigenvalue weighted by atomic mass is 35.5. The Balaban J connectivity index is 1.85. The highest BCUT2D eigenvalue weighted by Crippen LogP contribution is 2.30. The molecule has 12 heteroatoms. The van der Waals surface area contributed by atoms with Gasteiger partial charge >= 0.3 is 0 Å². The molecule has 0 aliphatic rings. The summed E-state index contributed by atoms with van der Waals surface area (Å²) in [5.41, 5.74) is 1.12. The third-order valence-corrected chi connectivity index (χ3v) is 10.2. The van der Waals surface area contributed by atoms with Crippen LogP contribution < -0.4 is 9.62 Å². The van der Waals surface area contributed by atoms with Gasteiger partial charge in [-0.2, -0.15) is 0 Å². The molecule has 242 valence electrons. The van der Waals surface area contributed by atoms with Crippen LogP contribution in [0.15, 0.2) is 102 Å². The number of halogens is 4. The lowest BCUT2D eigenvalue weighted by molar-refractivity contribution is -0.140. The second-order valence-electron chi connectivity index (χ2n) is 10.7.